The Morgan fingerprint density at radius 3 is 2.78 bits per heavy atom. The van der Waals surface area contributed by atoms with Crippen LogP contribution in [0.25, 0.3) is 22.0 Å². The van der Waals surface area contributed by atoms with E-state index < -0.39 is 17.4 Å². The van der Waals surface area contributed by atoms with Crippen LogP contribution in [0.1, 0.15) is 13.3 Å². The van der Waals surface area contributed by atoms with E-state index in [-0.39, 0.29) is 33.6 Å². The maximum Gasteiger partial charge on any atom is 0.246 e. The van der Waals surface area contributed by atoms with Crippen LogP contribution >= 0.6 is 11.6 Å². The molecule has 2 aromatic carbocycles. The molecule has 0 saturated carbocycles. The van der Waals surface area contributed by atoms with Gasteiger partial charge in [0.1, 0.15) is 29.2 Å². The third-order valence-electron chi connectivity index (χ3n) is 5.75. The summed E-state index contributed by atoms with van der Waals surface area (Å²) in [6.07, 6.45) is 3.26. The normalized spacial score (nSPS) is 16.4. The van der Waals surface area contributed by atoms with Crippen LogP contribution in [0.3, 0.4) is 0 Å². The Morgan fingerprint density at radius 1 is 1.31 bits per heavy atom. The largest absolute Gasteiger partial charge is 0.507 e. The number of carbonyl (C=O) groups is 1. The Bertz CT molecular complexity index is 1200. The lowest BCUT2D eigenvalue weighted by molar-refractivity contribution is -0.128. The minimum atomic E-state index is -0.843. The van der Waals surface area contributed by atoms with Gasteiger partial charge in [-0.1, -0.05) is 31.2 Å². The van der Waals surface area contributed by atoms with Gasteiger partial charge in [0.25, 0.3) is 0 Å². The molecule has 1 saturated heterocycles. The zero-order valence-electron chi connectivity index (χ0n) is 17.4. The average Bonchev–Trinajstić information content (AvgIpc) is 2.79. The number of hydrogen-bond donors (Lipinski definition) is 1. The number of aromatic nitrogens is 2. The molecular weight excluding hydrogens is 438 g/mol. The first-order chi connectivity index (χ1) is 15.4. The van der Waals surface area contributed by atoms with Gasteiger partial charge in [0.05, 0.1) is 10.6 Å². The molecule has 1 N–H and O–H groups in total. The van der Waals surface area contributed by atoms with E-state index in [4.69, 9.17) is 11.6 Å². The number of halogens is 3. The van der Waals surface area contributed by atoms with Crippen molar-refractivity contribution in [2.75, 3.05) is 24.5 Å². The maximum absolute atomic E-state index is 15.5. The number of anilines is 1. The van der Waals surface area contributed by atoms with Crippen molar-refractivity contribution < 1.29 is 18.7 Å². The Morgan fingerprint density at radius 2 is 2.09 bits per heavy atom. The molecule has 2 heterocycles. The van der Waals surface area contributed by atoms with Gasteiger partial charge in [-0.3, -0.25) is 4.79 Å². The summed E-state index contributed by atoms with van der Waals surface area (Å²) in [7, 11) is 0. The number of nitrogens with zero attached hydrogens (tertiary/aromatic N) is 4. The number of phenols is 1. The zero-order valence-corrected chi connectivity index (χ0v) is 18.1. The highest BCUT2D eigenvalue weighted by Gasteiger charge is 2.30. The van der Waals surface area contributed by atoms with Crippen molar-refractivity contribution in [1.29, 1.82) is 0 Å². The van der Waals surface area contributed by atoms with Crippen molar-refractivity contribution in [2.45, 2.75) is 19.4 Å². The molecule has 6 nitrogen and oxygen atoms in total. The van der Waals surface area contributed by atoms with Crippen molar-refractivity contribution in [1.82, 2.24) is 14.9 Å². The molecular formula is C23H21ClF2N4O2. The summed E-state index contributed by atoms with van der Waals surface area (Å²) in [5.41, 5.74) is -0.610. The summed E-state index contributed by atoms with van der Waals surface area (Å²) < 4.78 is 30.0. The number of fused-ring (bicyclic) bond motifs is 1. The van der Waals surface area contributed by atoms with E-state index >= 15 is 4.39 Å². The van der Waals surface area contributed by atoms with Crippen molar-refractivity contribution in [3.63, 3.8) is 0 Å². The molecule has 166 valence electrons. The van der Waals surface area contributed by atoms with Gasteiger partial charge in [-0.2, -0.15) is 0 Å². The van der Waals surface area contributed by atoms with Crippen LogP contribution in [0.2, 0.25) is 5.02 Å². The van der Waals surface area contributed by atoms with Gasteiger partial charge >= 0.3 is 0 Å². The molecule has 1 aliphatic heterocycles. The highest BCUT2D eigenvalue weighted by atomic mass is 35.5. The van der Waals surface area contributed by atoms with E-state index in [9.17, 15) is 14.3 Å². The Labute approximate surface area is 188 Å². The highest BCUT2D eigenvalue weighted by molar-refractivity contribution is 6.34. The smallest absolute Gasteiger partial charge is 0.246 e. The van der Waals surface area contributed by atoms with Crippen LogP contribution in [0, 0.1) is 11.6 Å². The molecule has 1 atom stereocenters. The lowest BCUT2D eigenvalue weighted by Crippen LogP contribution is -2.55. The third kappa shape index (κ3) is 3.64. The van der Waals surface area contributed by atoms with Gasteiger partial charge in [0, 0.05) is 36.6 Å². The summed E-state index contributed by atoms with van der Waals surface area (Å²) in [6.45, 7) is 6.99. The third-order valence-corrected chi connectivity index (χ3v) is 6.05. The van der Waals surface area contributed by atoms with Crippen molar-refractivity contribution in [3.8, 4) is 16.9 Å². The monoisotopic (exact) mass is 458 g/mol. The van der Waals surface area contributed by atoms with E-state index in [0.29, 0.717) is 30.8 Å². The Kier molecular flexibility index (Phi) is 5.97. The summed E-state index contributed by atoms with van der Waals surface area (Å²) in [5.74, 6) is -1.72. The predicted octanol–water partition coefficient (Wildman–Crippen LogP) is 4.55. The van der Waals surface area contributed by atoms with E-state index in [0.717, 1.165) is 12.5 Å². The number of carbonyl (C=O) groups excluding carboxylic acids is 1. The van der Waals surface area contributed by atoms with Gasteiger partial charge in [-0.25, -0.2) is 18.7 Å². The lowest BCUT2D eigenvalue weighted by Gasteiger charge is -2.41. The molecule has 1 aliphatic rings. The molecule has 1 fully saturated rings. The number of aromatic hydroxyl groups is 1. The molecule has 0 spiro atoms. The number of benzene rings is 2. The lowest BCUT2D eigenvalue weighted by atomic mass is 10.0. The highest BCUT2D eigenvalue weighted by Crippen LogP contribution is 2.42. The van der Waals surface area contributed by atoms with Crippen molar-refractivity contribution >= 4 is 34.2 Å². The van der Waals surface area contributed by atoms with E-state index in [1.54, 1.807) is 4.90 Å². The fraction of sp³-hybridized carbons (Fsp3) is 0.261. The van der Waals surface area contributed by atoms with Crippen LogP contribution in [0.15, 0.2) is 43.2 Å². The summed E-state index contributed by atoms with van der Waals surface area (Å²) >= 11 is 6.38. The Balaban J connectivity index is 1.81. The number of piperazine rings is 1. The second kappa shape index (κ2) is 8.70. The zero-order chi connectivity index (χ0) is 23.0. The molecule has 9 heteroatoms. The van der Waals surface area contributed by atoms with Crippen molar-refractivity contribution in [3.05, 3.63) is 59.9 Å². The number of hydrogen-bond acceptors (Lipinski definition) is 5. The molecule has 0 aliphatic carbocycles. The average molecular weight is 459 g/mol. The molecule has 32 heavy (non-hydrogen) atoms. The molecule has 1 unspecified atom stereocenters. The first-order valence-electron chi connectivity index (χ1n) is 10.2. The first-order valence-corrected chi connectivity index (χ1v) is 10.5. The predicted molar refractivity (Wildman–Crippen MR) is 120 cm³/mol. The maximum atomic E-state index is 15.5. The fourth-order valence-electron chi connectivity index (χ4n) is 4.16. The topological polar surface area (TPSA) is 69.6 Å². The van der Waals surface area contributed by atoms with Gasteiger partial charge in [0.15, 0.2) is 5.82 Å². The minimum absolute atomic E-state index is 0.0327. The van der Waals surface area contributed by atoms with Crippen LogP contribution in [0.5, 0.6) is 5.75 Å². The van der Waals surface area contributed by atoms with Crippen molar-refractivity contribution in [2.24, 2.45) is 0 Å². The standard InChI is InChI=1S/C23H21ClF2N4O2/c1-3-13-11-29(8-9-30(13)18(32)4-2)23-14-10-15(24)19(21(26)22(14)27-12-28-23)20-16(25)6-5-7-17(20)31/h4-7,10,12-13,31H,2-3,8-9,11H2,1H3. The van der Waals surface area contributed by atoms with Gasteiger partial charge in [-0.05, 0) is 30.7 Å². The quantitative estimate of drug-likeness (QED) is 0.581. The second-order valence-corrected chi connectivity index (χ2v) is 7.93. The van der Waals surface area contributed by atoms with Crippen LogP contribution in [0.4, 0.5) is 14.6 Å². The summed E-state index contributed by atoms with van der Waals surface area (Å²) in [4.78, 5) is 24.3. The van der Waals surface area contributed by atoms with Crippen LogP contribution in [-0.4, -0.2) is 51.6 Å². The molecule has 4 rings (SSSR count). The molecule has 1 aromatic heterocycles. The SMILES string of the molecule is C=CC(=O)N1CCN(c2ncnc3c(F)c(-c4c(O)cccc4F)c(Cl)cc23)CC1CC. The van der Waals surface area contributed by atoms with Gasteiger partial charge in [0.2, 0.25) is 5.91 Å². The van der Waals surface area contributed by atoms with E-state index in [2.05, 4.69) is 16.5 Å². The first kappa shape index (κ1) is 22.0. The van der Waals surface area contributed by atoms with E-state index in [1.165, 1.54) is 30.6 Å². The second-order valence-electron chi connectivity index (χ2n) is 7.52. The molecule has 0 bridgehead atoms. The molecule has 0 radical (unpaired) electrons. The molecule has 3 aromatic rings. The van der Waals surface area contributed by atoms with Crippen LogP contribution < -0.4 is 4.90 Å². The Hall–Kier alpha value is -3.26. The number of amides is 1. The van der Waals surface area contributed by atoms with Gasteiger partial charge < -0.3 is 14.9 Å². The summed E-state index contributed by atoms with van der Waals surface area (Å²) in [6, 6.07) is 5.13. The van der Waals surface area contributed by atoms with Gasteiger partial charge in [-0.15, -0.1) is 0 Å². The van der Waals surface area contributed by atoms with E-state index in [1.807, 2.05) is 11.8 Å². The molecule has 1 amide bonds. The minimum Gasteiger partial charge on any atom is -0.507 e. The van der Waals surface area contributed by atoms with Crippen LogP contribution in [-0.2, 0) is 4.79 Å². The number of rotatable bonds is 4. The fourth-order valence-corrected chi connectivity index (χ4v) is 4.45. The summed E-state index contributed by atoms with van der Waals surface area (Å²) in [5, 5.41) is 10.4. The number of phenolic OH excluding ortho intramolecular Hbond substituents is 1.